The molecular weight excluding hydrogens is 469 g/mol. The Kier molecular flexibility index (Phi) is 6.07. The number of nitrogens with one attached hydrogen (secondary N) is 1. The third-order valence-electron chi connectivity index (χ3n) is 6.35. The standard InChI is InChI=1S/C27H25F3N4O2/c1-17-7-10-20(11-8-17)31-26(35)34-14-13-33(16-18(34)2)25-21-5-3-4-6-23(21)36-24-12-9-19(27(28,29)30)15-22(24)32-25/h3-12,15,18H,13-14,16H2,1-2H3,(H,31,35). The molecule has 0 bridgehead atoms. The highest BCUT2D eigenvalue weighted by Gasteiger charge is 2.34. The zero-order chi connectivity index (χ0) is 25.4. The molecule has 2 aliphatic rings. The van der Waals surface area contributed by atoms with E-state index < -0.39 is 11.7 Å². The molecule has 0 saturated carbocycles. The van der Waals surface area contributed by atoms with Crippen molar-refractivity contribution in [2.75, 3.05) is 25.0 Å². The van der Waals surface area contributed by atoms with E-state index in [2.05, 4.69) is 10.3 Å². The number of alkyl halides is 3. The zero-order valence-electron chi connectivity index (χ0n) is 19.8. The van der Waals surface area contributed by atoms with E-state index in [1.807, 2.05) is 61.2 Å². The molecule has 2 amide bonds. The number of nitrogens with zero attached hydrogens (tertiary/aromatic N) is 3. The van der Waals surface area contributed by atoms with Crippen LogP contribution in [0.2, 0.25) is 0 Å². The Morgan fingerprint density at radius 1 is 1.03 bits per heavy atom. The SMILES string of the molecule is Cc1ccc(NC(=O)N2CCN(C3=Nc4cc(C(F)(F)F)ccc4Oc4ccccc43)CC2C)cc1. The van der Waals surface area contributed by atoms with Gasteiger partial charge in [0.1, 0.15) is 17.3 Å². The number of hydrogen-bond acceptors (Lipinski definition) is 4. The molecule has 1 fully saturated rings. The van der Waals surface area contributed by atoms with E-state index >= 15 is 0 Å². The van der Waals surface area contributed by atoms with Crippen LogP contribution in [0.3, 0.4) is 0 Å². The summed E-state index contributed by atoms with van der Waals surface area (Å²) in [6.45, 7) is 5.27. The summed E-state index contributed by atoms with van der Waals surface area (Å²) in [4.78, 5) is 21.3. The number of carbonyl (C=O) groups is 1. The number of amides is 2. The number of amidine groups is 1. The second-order valence-electron chi connectivity index (χ2n) is 9.00. The average Bonchev–Trinajstić information content (AvgIpc) is 3.01. The van der Waals surface area contributed by atoms with Gasteiger partial charge in [0, 0.05) is 31.4 Å². The molecule has 3 aromatic carbocycles. The van der Waals surface area contributed by atoms with Crippen molar-refractivity contribution in [2.24, 2.45) is 4.99 Å². The fourth-order valence-electron chi connectivity index (χ4n) is 4.43. The van der Waals surface area contributed by atoms with Crippen molar-refractivity contribution in [3.8, 4) is 11.5 Å². The number of rotatable bonds is 1. The third-order valence-corrected chi connectivity index (χ3v) is 6.35. The van der Waals surface area contributed by atoms with Gasteiger partial charge < -0.3 is 19.9 Å². The van der Waals surface area contributed by atoms with E-state index in [4.69, 9.17) is 4.74 Å². The van der Waals surface area contributed by atoms with Crippen LogP contribution >= 0.6 is 0 Å². The molecule has 5 rings (SSSR count). The highest BCUT2D eigenvalue weighted by atomic mass is 19.4. The Morgan fingerprint density at radius 3 is 2.50 bits per heavy atom. The molecule has 2 aliphatic heterocycles. The first kappa shape index (κ1) is 23.7. The van der Waals surface area contributed by atoms with Gasteiger partial charge in [-0.25, -0.2) is 9.79 Å². The highest BCUT2D eigenvalue weighted by molar-refractivity contribution is 6.04. The van der Waals surface area contributed by atoms with Crippen LogP contribution in [0.25, 0.3) is 0 Å². The van der Waals surface area contributed by atoms with Gasteiger partial charge in [-0.3, -0.25) is 0 Å². The average molecular weight is 495 g/mol. The second kappa shape index (κ2) is 9.22. The molecule has 0 aromatic heterocycles. The summed E-state index contributed by atoms with van der Waals surface area (Å²) in [6.07, 6.45) is -4.49. The molecule has 186 valence electrons. The minimum Gasteiger partial charge on any atom is -0.454 e. The first-order chi connectivity index (χ1) is 17.2. The number of urea groups is 1. The van der Waals surface area contributed by atoms with Crippen molar-refractivity contribution in [1.82, 2.24) is 9.80 Å². The lowest BCUT2D eigenvalue weighted by atomic mass is 10.1. The summed E-state index contributed by atoms with van der Waals surface area (Å²) in [7, 11) is 0. The fourth-order valence-corrected chi connectivity index (χ4v) is 4.43. The maximum Gasteiger partial charge on any atom is 0.416 e. The number of carbonyl (C=O) groups excluding carboxylic acids is 1. The summed E-state index contributed by atoms with van der Waals surface area (Å²) < 4.78 is 46.1. The van der Waals surface area contributed by atoms with Crippen LogP contribution < -0.4 is 10.1 Å². The Morgan fingerprint density at radius 2 is 1.78 bits per heavy atom. The summed E-state index contributed by atoms with van der Waals surface area (Å²) in [5.41, 5.74) is 1.84. The van der Waals surface area contributed by atoms with Crippen molar-refractivity contribution in [2.45, 2.75) is 26.1 Å². The predicted octanol–water partition coefficient (Wildman–Crippen LogP) is 6.44. The van der Waals surface area contributed by atoms with Crippen LogP contribution in [0.15, 0.2) is 71.7 Å². The molecule has 0 aliphatic carbocycles. The number of aliphatic imine (C=N–C) groups is 1. The lowest BCUT2D eigenvalue weighted by Gasteiger charge is -2.41. The van der Waals surface area contributed by atoms with Crippen molar-refractivity contribution < 1.29 is 22.7 Å². The van der Waals surface area contributed by atoms with Gasteiger partial charge in [0.15, 0.2) is 5.75 Å². The van der Waals surface area contributed by atoms with Crippen LogP contribution in [-0.4, -0.2) is 47.3 Å². The molecule has 1 saturated heterocycles. The van der Waals surface area contributed by atoms with Crippen molar-refractivity contribution in [1.29, 1.82) is 0 Å². The Labute approximate surface area is 207 Å². The number of aryl methyl sites for hydroxylation is 1. The Bertz CT molecular complexity index is 1320. The lowest BCUT2D eigenvalue weighted by Crippen LogP contribution is -2.56. The number of anilines is 1. The smallest absolute Gasteiger partial charge is 0.416 e. The van der Waals surface area contributed by atoms with Crippen LogP contribution in [0, 0.1) is 6.92 Å². The van der Waals surface area contributed by atoms with Crippen LogP contribution in [-0.2, 0) is 6.18 Å². The second-order valence-corrected chi connectivity index (χ2v) is 9.00. The minimum absolute atomic E-state index is 0.114. The third kappa shape index (κ3) is 4.73. The van der Waals surface area contributed by atoms with Crippen molar-refractivity contribution in [3.05, 3.63) is 83.4 Å². The largest absolute Gasteiger partial charge is 0.454 e. The molecule has 0 radical (unpaired) electrons. The number of hydrogen-bond donors (Lipinski definition) is 1. The number of halogens is 3. The first-order valence-corrected chi connectivity index (χ1v) is 11.7. The van der Waals surface area contributed by atoms with E-state index in [0.29, 0.717) is 36.8 Å². The normalized spacial score (nSPS) is 17.4. The molecule has 1 N–H and O–H groups in total. The van der Waals surface area contributed by atoms with Gasteiger partial charge in [0.2, 0.25) is 0 Å². The Hall–Kier alpha value is -4.01. The molecule has 1 unspecified atom stereocenters. The van der Waals surface area contributed by atoms with E-state index in [0.717, 1.165) is 23.4 Å². The minimum atomic E-state index is -4.49. The van der Waals surface area contributed by atoms with Gasteiger partial charge in [-0.15, -0.1) is 0 Å². The first-order valence-electron chi connectivity index (χ1n) is 11.7. The van der Waals surface area contributed by atoms with Crippen LogP contribution in [0.4, 0.5) is 29.3 Å². The summed E-state index contributed by atoms with van der Waals surface area (Å²) >= 11 is 0. The number of fused-ring (bicyclic) bond motifs is 2. The maximum atomic E-state index is 13.4. The number of ether oxygens (including phenoxy) is 1. The molecular formula is C27H25F3N4O2. The van der Waals surface area contributed by atoms with Gasteiger partial charge in [-0.2, -0.15) is 13.2 Å². The zero-order valence-corrected chi connectivity index (χ0v) is 19.8. The molecule has 2 heterocycles. The summed E-state index contributed by atoms with van der Waals surface area (Å²) in [5.74, 6) is 1.30. The summed E-state index contributed by atoms with van der Waals surface area (Å²) in [5, 5.41) is 2.93. The van der Waals surface area contributed by atoms with Gasteiger partial charge in [0.05, 0.1) is 11.1 Å². The summed E-state index contributed by atoms with van der Waals surface area (Å²) in [6, 6.07) is 17.8. The van der Waals surface area contributed by atoms with Crippen molar-refractivity contribution in [3.63, 3.8) is 0 Å². The van der Waals surface area contributed by atoms with Crippen LogP contribution in [0.5, 0.6) is 11.5 Å². The van der Waals surface area contributed by atoms with E-state index in [1.165, 1.54) is 6.07 Å². The predicted molar refractivity (Wildman–Crippen MR) is 132 cm³/mol. The van der Waals surface area contributed by atoms with E-state index in [9.17, 15) is 18.0 Å². The molecule has 3 aromatic rings. The highest BCUT2D eigenvalue weighted by Crippen LogP contribution is 2.41. The van der Waals surface area contributed by atoms with Gasteiger partial charge in [0.25, 0.3) is 0 Å². The van der Waals surface area contributed by atoms with Crippen molar-refractivity contribution >= 4 is 23.2 Å². The van der Waals surface area contributed by atoms with Crippen LogP contribution in [0.1, 0.15) is 23.6 Å². The van der Waals surface area contributed by atoms with E-state index in [-0.39, 0.29) is 23.5 Å². The molecule has 1 atom stereocenters. The van der Waals surface area contributed by atoms with Gasteiger partial charge in [-0.05, 0) is 56.3 Å². The number of piperazine rings is 1. The quantitative estimate of drug-likeness (QED) is 0.424. The topological polar surface area (TPSA) is 57.2 Å². The molecule has 6 nitrogen and oxygen atoms in total. The number of para-hydroxylation sites is 1. The monoisotopic (exact) mass is 494 g/mol. The Balaban J connectivity index is 1.42. The number of benzene rings is 3. The lowest BCUT2D eigenvalue weighted by molar-refractivity contribution is -0.137. The molecule has 0 spiro atoms. The fraction of sp³-hybridized carbons (Fsp3) is 0.259. The maximum absolute atomic E-state index is 13.4. The van der Waals surface area contributed by atoms with Gasteiger partial charge in [-0.1, -0.05) is 29.8 Å². The van der Waals surface area contributed by atoms with E-state index in [1.54, 1.807) is 11.0 Å². The molecule has 9 heteroatoms. The van der Waals surface area contributed by atoms with Gasteiger partial charge >= 0.3 is 12.2 Å². The molecule has 36 heavy (non-hydrogen) atoms.